The molecular weight excluding hydrogens is 212 g/mol. The average molecular weight is 240 g/mol. The summed E-state index contributed by atoms with van der Waals surface area (Å²) in [5.41, 5.74) is -0.140. The lowest BCUT2D eigenvalue weighted by Gasteiger charge is -2.28. The highest BCUT2D eigenvalue weighted by molar-refractivity contribution is 5.82. The lowest BCUT2D eigenvalue weighted by atomic mass is 9.84. The molecule has 0 saturated heterocycles. The van der Waals surface area contributed by atoms with Crippen LogP contribution in [0.3, 0.4) is 0 Å². The number of rotatable bonds is 4. The van der Waals surface area contributed by atoms with Crippen LogP contribution in [0, 0.1) is 5.92 Å². The third-order valence-corrected chi connectivity index (χ3v) is 3.46. The summed E-state index contributed by atoms with van der Waals surface area (Å²) < 4.78 is 0. The summed E-state index contributed by atoms with van der Waals surface area (Å²) in [6.45, 7) is 6.08. The topological polar surface area (TPSA) is 41.1 Å². The molecule has 1 unspecified atom stereocenters. The van der Waals surface area contributed by atoms with E-state index in [9.17, 15) is 4.79 Å². The first-order valence-electron chi connectivity index (χ1n) is 6.91. The highest BCUT2D eigenvalue weighted by Crippen LogP contribution is 2.27. The number of carbonyl (C=O) groups excluding carboxylic acids is 1. The highest BCUT2D eigenvalue weighted by Gasteiger charge is 2.25. The minimum absolute atomic E-state index is 0.0303. The molecule has 1 rings (SSSR count). The molecular formula is C14H28N2O. The van der Waals surface area contributed by atoms with Crippen LogP contribution in [0.1, 0.15) is 59.3 Å². The van der Waals surface area contributed by atoms with E-state index >= 15 is 0 Å². The van der Waals surface area contributed by atoms with Gasteiger partial charge in [-0.15, -0.1) is 0 Å². The molecule has 1 saturated carbocycles. The highest BCUT2D eigenvalue weighted by atomic mass is 16.2. The van der Waals surface area contributed by atoms with Crippen molar-refractivity contribution in [2.45, 2.75) is 70.9 Å². The maximum absolute atomic E-state index is 12.1. The van der Waals surface area contributed by atoms with Gasteiger partial charge < -0.3 is 10.6 Å². The van der Waals surface area contributed by atoms with Crippen molar-refractivity contribution in [1.82, 2.24) is 10.6 Å². The number of likely N-dealkylation sites (N-methyl/N-ethyl adjacent to an activating group) is 1. The SMILES string of the molecule is CNC(CC1CCCCC1)C(=O)NC(C)(C)C. The number of hydrogen-bond acceptors (Lipinski definition) is 2. The van der Waals surface area contributed by atoms with Crippen LogP contribution in [-0.2, 0) is 4.79 Å². The van der Waals surface area contributed by atoms with Gasteiger partial charge in [-0.1, -0.05) is 32.1 Å². The van der Waals surface area contributed by atoms with Crippen LogP contribution in [0.5, 0.6) is 0 Å². The summed E-state index contributed by atoms with van der Waals surface area (Å²) in [4.78, 5) is 12.1. The molecule has 0 aromatic heterocycles. The fourth-order valence-electron chi connectivity index (χ4n) is 2.57. The van der Waals surface area contributed by atoms with Gasteiger partial charge in [0.25, 0.3) is 0 Å². The molecule has 3 heteroatoms. The van der Waals surface area contributed by atoms with E-state index in [1.54, 1.807) is 0 Å². The van der Waals surface area contributed by atoms with Crippen LogP contribution >= 0.6 is 0 Å². The fraction of sp³-hybridized carbons (Fsp3) is 0.929. The Kier molecular flexibility index (Phi) is 5.44. The van der Waals surface area contributed by atoms with Crippen molar-refractivity contribution < 1.29 is 4.79 Å². The van der Waals surface area contributed by atoms with E-state index in [-0.39, 0.29) is 17.5 Å². The van der Waals surface area contributed by atoms with E-state index in [4.69, 9.17) is 0 Å². The Labute approximate surface area is 106 Å². The van der Waals surface area contributed by atoms with E-state index in [1.165, 1.54) is 32.1 Å². The molecule has 0 radical (unpaired) electrons. The molecule has 1 atom stereocenters. The Balaban J connectivity index is 2.43. The minimum Gasteiger partial charge on any atom is -0.350 e. The molecule has 17 heavy (non-hydrogen) atoms. The minimum atomic E-state index is -0.140. The molecule has 0 aromatic rings. The van der Waals surface area contributed by atoms with Crippen LogP contribution < -0.4 is 10.6 Å². The lowest BCUT2D eigenvalue weighted by molar-refractivity contribution is -0.124. The zero-order valence-electron chi connectivity index (χ0n) is 11.8. The van der Waals surface area contributed by atoms with Gasteiger partial charge in [0.2, 0.25) is 5.91 Å². The van der Waals surface area contributed by atoms with Crippen molar-refractivity contribution in [3.8, 4) is 0 Å². The molecule has 100 valence electrons. The Bertz CT molecular complexity index is 239. The summed E-state index contributed by atoms with van der Waals surface area (Å²) in [7, 11) is 1.88. The summed E-state index contributed by atoms with van der Waals surface area (Å²) in [5.74, 6) is 0.873. The van der Waals surface area contributed by atoms with E-state index in [0.29, 0.717) is 0 Å². The van der Waals surface area contributed by atoms with Crippen molar-refractivity contribution in [3.63, 3.8) is 0 Å². The maximum atomic E-state index is 12.1. The van der Waals surface area contributed by atoms with E-state index in [0.717, 1.165) is 12.3 Å². The molecule has 0 heterocycles. The first-order valence-corrected chi connectivity index (χ1v) is 6.91. The fourth-order valence-corrected chi connectivity index (χ4v) is 2.57. The Morgan fingerprint density at radius 3 is 2.29 bits per heavy atom. The second kappa shape index (κ2) is 6.39. The molecule has 2 N–H and O–H groups in total. The number of nitrogens with one attached hydrogen (secondary N) is 2. The summed E-state index contributed by atoms with van der Waals surface area (Å²) >= 11 is 0. The van der Waals surface area contributed by atoms with Gasteiger partial charge in [-0.05, 0) is 40.2 Å². The van der Waals surface area contributed by atoms with Gasteiger partial charge in [0.1, 0.15) is 0 Å². The van der Waals surface area contributed by atoms with Gasteiger partial charge in [0.05, 0.1) is 6.04 Å². The van der Waals surface area contributed by atoms with Gasteiger partial charge >= 0.3 is 0 Å². The number of carbonyl (C=O) groups is 1. The van der Waals surface area contributed by atoms with Gasteiger partial charge in [0, 0.05) is 5.54 Å². The third kappa shape index (κ3) is 5.53. The van der Waals surface area contributed by atoms with Gasteiger partial charge in [-0.3, -0.25) is 4.79 Å². The Morgan fingerprint density at radius 2 is 1.82 bits per heavy atom. The van der Waals surface area contributed by atoms with E-state index < -0.39 is 0 Å². The lowest BCUT2D eigenvalue weighted by Crippen LogP contribution is -2.50. The monoisotopic (exact) mass is 240 g/mol. The van der Waals surface area contributed by atoms with Gasteiger partial charge in [-0.2, -0.15) is 0 Å². The first kappa shape index (κ1) is 14.5. The zero-order valence-corrected chi connectivity index (χ0v) is 11.8. The molecule has 3 nitrogen and oxygen atoms in total. The maximum Gasteiger partial charge on any atom is 0.237 e. The standard InChI is InChI=1S/C14H28N2O/c1-14(2,3)16-13(17)12(15-4)10-11-8-6-5-7-9-11/h11-12,15H,5-10H2,1-4H3,(H,16,17). The predicted molar refractivity (Wildman–Crippen MR) is 71.9 cm³/mol. The average Bonchev–Trinajstić information content (AvgIpc) is 2.24. The summed E-state index contributed by atoms with van der Waals surface area (Å²) in [5, 5.41) is 6.22. The quantitative estimate of drug-likeness (QED) is 0.792. The van der Waals surface area contributed by atoms with Crippen molar-refractivity contribution in [3.05, 3.63) is 0 Å². The Morgan fingerprint density at radius 1 is 1.24 bits per heavy atom. The second-order valence-electron chi connectivity index (χ2n) is 6.32. The molecule has 0 bridgehead atoms. The summed E-state index contributed by atoms with van der Waals surface area (Å²) in [6.07, 6.45) is 7.61. The first-order chi connectivity index (χ1) is 7.92. The van der Waals surface area contributed by atoms with Crippen LogP contribution in [0.25, 0.3) is 0 Å². The van der Waals surface area contributed by atoms with Crippen LogP contribution in [0.15, 0.2) is 0 Å². The van der Waals surface area contributed by atoms with Crippen LogP contribution in [0.2, 0.25) is 0 Å². The molecule has 0 spiro atoms. The largest absolute Gasteiger partial charge is 0.350 e. The van der Waals surface area contributed by atoms with Crippen molar-refractivity contribution in [2.24, 2.45) is 5.92 Å². The van der Waals surface area contributed by atoms with Crippen LogP contribution in [-0.4, -0.2) is 24.5 Å². The van der Waals surface area contributed by atoms with Crippen LogP contribution in [0.4, 0.5) is 0 Å². The van der Waals surface area contributed by atoms with E-state index in [2.05, 4.69) is 10.6 Å². The Hall–Kier alpha value is -0.570. The molecule has 1 aliphatic rings. The van der Waals surface area contributed by atoms with Crippen molar-refractivity contribution in [1.29, 1.82) is 0 Å². The zero-order chi connectivity index (χ0) is 12.9. The predicted octanol–water partition coefficient (Wildman–Crippen LogP) is 2.46. The molecule has 1 aliphatic carbocycles. The summed E-state index contributed by atoms with van der Waals surface area (Å²) in [6, 6.07) is -0.0303. The smallest absolute Gasteiger partial charge is 0.237 e. The molecule has 0 aliphatic heterocycles. The van der Waals surface area contributed by atoms with Gasteiger partial charge in [-0.25, -0.2) is 0 Å². The second-order valence-corrected chi connectivity index (χ2v) is 6.32. The third-order valence-electron chi connectivity index (χ3n) is 3.46. The number of hydrogen-bond donors (Lipinski definition) is 2. The van der Waals surface area contributed by atoms with Crippen molar-refractivity contribution in [2.75, 3.05) is 7.05 Å². The van der Waals surface area contributed by atoms with Crippen molar-refractivity contribution >= 4 is 5.91 Å². The molecule has 0 aromatic carbocycles. The normalized spacial score (nSPS) is 20.0. The molecule has 1 fully saturated rings. The number of amides is 1. The van der Waals surface area contributed by atoms with Gasteiger partial charge in [0.15, 0.2) is 0 Å². The van der Waals surface area contributed by atoms with E-state index in [1.807, 2.05) is 27.8 Å². The molecule has 1 amide bonds.